The van der Waals surface area contributed by atoms with Crippen LogP contribution in [0.1, 0.15) is 29.9 Å². The standard InChI is InChI=1S/C33H24Br2N2O5S/c1-3-41-32(39)28-29(19-8-5-4-6-9-19)36-33-37(30(28)20-10-7-11-22(16-20)40-2)31(38)27(43-33)18-23-13-15-26(42-23)24-17-21(34)12-14-25(24)35/h4-18,30H,3H2,1-2H3/b27-18+/t30-/m0/s1. The van der Waals surface area contributed by atoms with Crippen LogP contribution in [0.2, 0.25) is 0 Å². The maximum atomic E-state index is 14.1. The second-order valence-corrected chi connectivity index (χ2v) is 12.3. The molecule has 0 unspecified atom stereocenters. The number of carbonyl (C=O) groups is 1. The van der Waals surface area contributed by atoms with Crippen LogP contribution in [-0.2, 0) is 9.53 Å². The van der Waals surface area contributed by atoms with Crippen LogP contribution in [0.4, 0.5) is 0 Å². The third kappa shape index (κ3) is 5.70. The Balaban J connectivity index is 1.57. The van der Waals surface area contributed by atoms with Gasteiger partial charge in [0.05, 0.1) is 35.6 Å². The normalized spacial score (nSPS) is 14.8. The zero-order valence-electron chi connectivity index (χ0n) is 23.0. The van der Waals surface area contributed by atoms with Crippen molar-refractivity contribution in [3.63, 3.8) is 0 Å². The van der Waals surface area contributed by atoms with Gasteiger partial charge < -0.3 is 13.9 Å². The number of hydrogen-bond donors (Lipinski definition) is 0. The number of halogens is 2. The first-order valence-electron chi connectivity index (χ1n) is 13.4. The molecule has 216 valence electrons. The van der Waals surface area contributed by atoms with Crippen molar-refractivity contribution in [2.75, 3.05) is 13.7 Å². The fourth-order valence-electron chi connectivity index (χ4n) is 4.96. The molecule has 0 amide bonds. The average molecular weight is 720 g/mol. The number of esters is 1. The van der Waals surface area contributed by atoms with Crippen molar-refractivity contribution in [3.8, 4) is 17.1 Å². The van der Waals surface area contributed by atoms with Crippen LogP contribution in [0.25, 0.3) is 23.1 Å². The van der Waals surface area contributed by atoms with Gasteiger partial charge in [0.15, 0.2) is 4.80 Å². The summed E-state index contributed by atoms with van der Waals surface area (Å²) in [4.78, 5) is 33.1. The van der Waals surface area contributed by atoms with Crippen LogP contribution in [0.3, 0.4) is 0 Å². The molecular weight excluding hydrogens is 696 g/mol. The first kappa shape index (κ1) is 29.1. The van der Waals surface area contributed by atoms with E-state index in [0.717, 1.165) is 20.1 Å². The van der Waals surface area contributed by atoms with Crippen LogP contribution < -0.4 is 19.6 Å². The minimum absolute atomic E-state index is 0.175. The van der Waals surface area contributed by atoms with Gasteiger partial charge in [0.2, 0.25) is 0 Å². The number of hydrogen-bond acceptors (Lipinski definition) is 7. The Hall–Kier alpha value is -3.99. The molecule has 3 heterocycles. The summed E-state index contributed by atoms with van der Waals surface area (Å²) in [6, 6.07) is 25.5. The molecule has 1 aliphatic rings. The molecule has 10 heteroatoms. The predicted molar refractivity (Wildman–Crippen MR) is 174 cm³/mol. The van der Waals surface area contributed by atoms with Crippen LogP contribution in [-0.4, -0.2) is 24.3 Å². The topological polar surface area (TPSA) is 83.0 Å². The summed E-state index contributed by atoms with van der Waals surface area (Å²) in [5, 5.41) is 0. The highest BCUT2D eigenvalue weighted by molar-refractivity contribution is 9.11. The van der Waals surface area contributed by atoms with Crippen molar-refractivity contribution in [2.24, 2.45) is 4.99 Å². The molecule has 1 atom stereocenters. The van der Waals surface area contributed by atoms with E-state index >= 15 is 0 Å². The summed E-state index contributed by atoms with van der Waals surface area (Å²) >= 11 is 8.32. The third-order valence-electron chi connectivity index (χ3n) is 6.88. The Labute approximate surface area is 267 Å². The number of fused-ring (bicyclic) bond motifs is 1. The molecule has 0 aliphatic carbocycles. The van der Waals surface area contributed by atoms with E-state index in [1.807, 2.05) is 84.9 Å². The van der Waals surface area contributed by atoms with Crippen LogP contribution >= 0.6 is 43.2 Å². The molecule has 0 radical (unpaired) electrons. The number of ether oxygens (including phenoxy) is 2. The van der Waals surface area contributed by atoms with Gasteiger partial charge in [0.25, 0.3) is 5.56 Å². The maximum Gasteiger partial charge on any atom is 0.338 e. The molecule has 0 N–H and O–H groups in total. The van der Waals surface area contributed by atoms with E-state index in [4.69, 9.17) is 18.9 Å². The van der Waals surface area contributed by atoms with Gasteiger partial charge in [-0.15, -0.1) is 0 Å². The molecule has 0 bridgehead atoms. The highest BCUT2D eigenvalue weighted by Crippen LogP contribution is 2.36. The van der Waals surface area contributed by atoms with E-state index < -0.39 is 12.0 Å². The predicted octanol–water partition coefficient (Wildman–Crippen LogP) is 6.73. The Morgan fingerprint density at radius 2 is 1.86 bits per heavy atom. The second kappa shape index (κ2) is 12.3. The molecule has 2 aromatic heterocycles. The average Bonchev–Trinajstić information content (AvgIpc) is 3.62. The number of methoxy groups -OCH3 is 1. The van der Waals surface area contributed by atoms with Gasteiger partial charge in [-0.1, -0.05) is 85.7 Å². The molecule has 0 saturated heterocycles. The van der Waals surface area contributed by atoms with Gasteiger partial charge in [0.1, 0.15) is 17.3 Å². The smallest absolute Gasteiger partial charge is 0.338 e. The first-order valence-corrected chi connectivity index (χ1v) is 15.8. The number of aromatic nitrogens is 1. The van der Waals surface area contributed by atoms with Crippen LogP contribution in [0, 0.1) is 0 Å². The van der Waals surface area contributed by atoms with E-state index in [0.29, 0.717) is 37.9 Å². The van der Waals surface area contributed by atoms with E-state index in [1.165, 1.54) is 11.3 Å². The van der Waals surface area contributed by atoms with E-state index in [-0.39, 0.29) is 17.7 Å². The minimum Gasteiger partial charge on any atom is -0.497 e. The van der Waals surface area contributed by atoms with Crippen molar-refractivity contribution in [1.29, 1.82) is 0 Å². The van der Waals surface area contributed by atoms with Gasteiger partial charge in [-0.25, -0.2) is 9.79 Å². The summed E-state index contributed by atoms with van der Waals surface area (Å²) in [6.45, 7) is 1.93. The van der Waals surface area contributed by atoms with E-state index in [1.54, 1.807) is 24.7 Å². The van der Waals surface area contributed by atoms with Gasteiger partial charge in [-0.3, -0.25) is 9.36 Å². The number of benzene rings is 3. The molecule has 7 nitrogen and oxygen atoms in total. The maximum absolute atomic E-state index is 14.1. The second-order valence-electron chi connectivity index (χ2n) is 9.53. The lowest BCUT2D eigenvalue weighted by Crippen LogP contribution is -2.40. The largest absolute Gasteiger partial charge is 0.497 e. The molecule has 0 spiro atoms. The number of nitrogens with zero attached hydrogens (tertiary/aromatic N) is 2. The lowest BCUT2D eigenvalue weighted by atomic mass is 9.93. The molecule has 6 rings (SSSR count). The van der Waals surface area contributed by atoms with Crippen molar-refractivity contribution in [1.82, 2.24) is 4.57 Å². The molecule has 0 saturated carbocycles. The molecule has 1 aliphatic heterocycles. The van der Waals surface area contributed by atoms with E-state index in [2.05, 4.69) is 31.9 Å². The fourth-order valence-corrected chi connectivity index (χ4v) is 6.74. The SMILES string of the molecule is CCOC(=O)C1=C(c2ccccc2)N=c2s/c(=C/c3ccc(-c4cc(Br)ccc4Br)o3)c(=O)n2[C@H]1c1cccc(OC)c1. The Morgan fingerprint density at radius 1 is 1.05 bits per heavy atom. The molecule has 43 heavy (non-hydrogen) atoms. The zero-order valence-corrected chi connectivity index (χ0v) is 27.0. The van der Waals surface area contributed by atoms with Crippen molar-refractivity contribution in [3.05, 3.63) is 136 Å². The molecule has 5 aromatic rings. The summed E-state index contributed by atoms with van der Waals surface area (Å²) < 4.78 is 20.9. The highest BCUT2D eigenvalue weighted by atomic mass is 79.9. The lowest BCUT2D eigenvalue weighted by Gasteiger charge is -2.26. The van der Waals surface area contributed by atoms with Gasteiger partial charge in [0, 0.05) is 26.1 Å². The Bertz CT molecular complexity index is 2060. The van der Waals surface area contributed by atoms with Crippen molar-refractivity contribution < 1.29 is 18.7 Å². The number of carbonyl (C=O) groups excluding carboxylic acids is 1. The summed E-state index contributed by atoms with van der Waals surface area (Å²) in [7, 11) is 1.58. The Morgan fingerprint density at radius 3 is 2.63 bits per heavy atom. The molecular formula is C33H24Br2N2O5S. The monoisotopic (exact) mass is 718 g/mol. The van der Waals surface area contributed by atoms with Crippen LogP contribution in [0.15, 0.2) is 114 Å². The summed E-state index contributed by atoms with van der Waals surface area (Å²) in [5.74, 6) is 1.22. The third-order valence-corrected chi connectivity index (χ3v) is 9.04. The number of rotatable bonds is 7. The summed E-state index contributed by atoms with van der Waals surface area (Å²) in [5.41, 5.74) is 2.75. The number of furan rings is 1. The quantitative estimate of drug-likeness (QED) is 0.174. The lowest BCUT2D eigenvalue weighted by molar-refractivity contribution is -0.138. The van der Waals surface area contributed by atoms with Crippen molar-refractivity contribution >= 4 is 60.9 Å². The van der Waals surface area contributed by atoms with Gasteiger partial charge >= 0.3 is 5.97 Å². The first-order chi connectivity index (χ1) is 20.9. The number of thiazole rings is 1. The molecule has 3 aromatic carbocycles. The van der Waals surface area contributed by atoms with Crippen molar-refractivity contribution in [2.45, 2.75) is 13.0 Å². The Kier molecular flexibility index (Phi) is 8.34. The minimum atomic E-state index is -0.799. The van der Waals surface area contributed by atoms with Gasteiger partial charge in [-0.2, -0.15) is 0 Å². The fraction of sp³-hybridized carbons (Fsp3) is 0.121. The van der Waals surface area contributed by atoms with E-state index in [9.17, 15) is 9.59 Å². The molecule has 0 fully saturated rings. The summed E-state index contributed by atoms with van der Waals surface area (Å²) in [6.07, 6.45) is 1.71. The van der Waals surface area contributed by atoms with Crippen LogP contribution in [0.5, 0.6) is 5.75 Å². The highest BCUT2D eigenvalue weighted by Gasteiger charge is 2.35. The van der Waals surface area contributed by atoms with Gasteiger partial charge in [-0.05, 0) is 55.0 Å². The zero-order chi connectivity index (χ0) is 30.1.